The monoisotopic (exact) mass is 318 g/mol. The fraction of sp³-hybridized carbons (Fsp3) is 0.857. The summed E-state index contributed by atoms with van der Waals surface area (Å²) < 4.78 is 0. The molecule has 21 heavy (non-hydrogen) atoms. The van der Waals surface area contributed by atoms with Crippen LogP contribution in [0.25, 0.3) is 0 Å². The van der Waals surface area contributed by atoms with Crippen molar-refractivity contribution in [3.05, 3.63) is 0 Å². The molecule has 2 saturated heterocycles. The third kappa shape index (κ3) is 4.56. The van der Waals surface area contributed by atoms with Gasteiger partial charge in [-0.3, -0.25) is 14.5 Å². The molecular formula is C14H27ClN4O2. The van der Waals surface area contributed by atoms with Gasteiger partial charge in [0.1, 0.15) is 0 Å². The number of rotatable bonds is 5. The van der Waals surface area contributed by atoms with Crippen LogP contribution in [0.5, 0.6) is 0 Å². The van der Waals surface area contributed by atoms with Crippen molar-refractivity contribution in [1.29, 1.82) is 0 Å². The Hall–Kier alpha value is -0.850. The van der Waals surface area contributed by atoms with E-state index < -0.39 is 0 Å². The van der Waals surface area contributed by atoms with E-state index in [1.54, 1.807) is 0 Å². The number of piperazine rings is 1. The molecule has 0 atom stereocenters. The van der Waals surface area contributed by atoms with Gasteiger partial charge in [0, 0.05) is 39.3 Å². The minimum absolute atomic E-state index is 0. The van der Waals surface area contributed by atoms with Gasteiger partial charge < -0.3 is 15.1 Å². The molecule has 0 aromatic carbocycles. The molecule has 0 aromatic heterocycles. The number of nitrogens with zero attached hydrogens (tertiary/aromatic N) is 3. The number of carbonyl (C=O) groups excluding carboxylic acids is 2. The zero-order valence-electron chi connectivity index (χ0n) is 13.0. The molecule has 0 radical (unpaired) electrons. The molecule has 0 aliphatic carbocycles. The second kappa shape index (κ2) is 8.56. The number of halogens is 1. The van der Waals surface area contributed by atoms with E-state index in [4.69, 9.17) is 0 Å². The molecule has 0 aromatic rings. The molecule has 122 valence electrons. The zero-order valence-corrected chi connectivity index (χ0v) is 13.8. The topological polar surface area (TPSA) is 55.9 Å². The lowest BCUT2D eigenvalue weighted by Gasteiger charge is -2.39. The lowest BCUT2D eigenvalue weighted by atomic mass is 10.0. The molecule has 0 bridgehead atoms. The van der Waals surface area contributed by atoms with Crippen molar-refractivity contribution in [2.45, 2.75) is 13.8 Å². The van der Waals surface area contributed by atoms with Crippen LogP contribution < -0.4 is 5.32 Å². The first-order chi connectivity index (χ1) is 9.65. The average Bonchev–Trinajstić information content (AvgIpc) is 2.42. The highest BCUT2D eigenvalue weighted by molar-refractivity contribution is 5.85. The highest BCUT2D eigenvalue weighted by atomic mass is 35.5. The Morgan fingerprint density at radius 3 is 2.00 bits per heavy atom. The second-order valence-electron chi connectivity index (χ2n) is 5.52. The van der Waals surface area contributed by atoms with Crippen molar-refractivity contribution in [2.24, 2.45) is 5.92 Å². The maximum absolute atomic E-state index is 12.2. The van der Waals surface area contributed by atoms with Crippen LogP contribution in [0.1, 0.15) is 13.8 Å². The lowest BCUT2D eigenvalue weighted by Crippen LogP contribution is -2.57. The van der Waals surface area contributed by atoms with Gasteiger partial charge >= 0.3 is 0 Å². The summed E-state index contributed by atoms with van der Waals surface area (Å²) in [5, 5.41) is 3.13. The fourth-order valence-corrected chi connectivity index (χ4v) is 2.64. The van der Waals surface area contributed by atoms with Crippen LogP contribution in [0, 0.1) is 5.92 Å². The molecule has 2 amide bonds. The highest BCUT2D eigenvalue weighted by Gasteiger charge is 2.31. The number of carbonyl (C=O) groups is 2. The Balaban J connectivity index is 0.00000220. The van der Waals surface area contributed by atoms with E-state index in [1.165, 1.54) is 0 Å². The van der Waals surface area contributed by atoms with Gasteiger partial charge in [-0.05, 0) is 13.1 Å². The Morgan fingerprint density at radius 2 is 1.57 bits per heavy atom. The third-order valence-electron chi connectivity index (χ3n) is 4.33. The summed E-state index contributed by atoms with van der Waals surface area (Å²) in [5.74, 6) is 0.596. The summed E-state index contributed by atoms with van der Waals surface area (Å²) in [6.07, 6.45) is 0. The van der Waals surface area contributed by atoms with Crippen LogP contribution in [-0.4, -0.2) is 85.4 Å². The van der Waals surface area contributed by atoms with Gasteiger partial charge in [-0.2, -0.15) is 0 Å². The first kappa shape index (κ1) is 18.2. The molecule has 2 aliphatic rings. The van der Waals surface area contributed by atoms with Gasteiger partial charge in [0.2, 0.25) is 11.8 Å². The number of hydrogen-bond donors (Lipinski definition) is 1. The van der Waals surface area contributed by atoms with E-state index in [0.29, 0.717) is 32.7 Å². The van der Waals surface area contributed by atoms with Crippen LogP contribution in [0.15, 0.2) is 0 Å². The van der Waals surface area contributed by atoms with E-state index in [9.17, 15) is 9.59 Å². The molecule has 6 nitrogen and oxygen atoms in total. The maximum Gasteiger partial charge on any atom is 0.236 e. The van der Waals surface area contributed by atoms with Crippen molar-refractivity contribution in [3.63, 3.8) is 0 Å². The standard InChI is InChI=1S/C14H26N4O2.ClH/c1-3-16(4-2)11-13(19)17-5-7-18(8-6-17)14(20)12-9-15-10-12;/h12,15H,3-11H2,1-2H3;1H. The van der Waals surface area contributed by atoms with Crippen molar-refractivity contribution < 1.29 is 9.59 Å². The molecule has 2 fully saturated rings. The summed E-state index contributed by atoms with van der Waals surface area (Å²) in [6, 6.07) is 0. The Labute approximate surface area is 133 Å². The SMILES string of the molecule is CCN(CC)CC(=O)N1CCN(C(=O)C2CNC2)CC1.Cl. The van der Waals surface area contributed by atoms with Crippen LogP contribution in [0.3, 0.4) is 0 Å². The molecule has 2 heterocycles. The predicted molar refractivity (Wildman–Crippen MR) is 84.6 cm³/mol. The van der Waals surface area contributed by atoms with Crippen molar-refractivity contribution in [3.8, 4) is 0 Å². The smallest absolute Gasteiger partial charge is 0.236 e. The van der Waals surface area contributed by atoms with Gasteiger partial charge in [0.25, 0.3) is 0 Å². The van der Waals surface area contributed by atoms with Crippen LogP contribution in [-0.2, 0) is 9.59 Å². The summed E-state index contributed by atoms with van der Waals surface area (Å²) in [5.41, 5.74) is 0. The molecule has 0 saturated carbocycles. The van der Waals surface area contributed by atoms with E-state index >= 15 is 0 Å². The van der Waals surface area contributed by atoms with Crippen molar-refractivity contribution in [1.82, 2.24) is 20.0 Å². The Morgan fingerprint density at radius 1 is 1.05 bits per heavy atom. The zero-order chi connectivity index (χ0) is 14.5. The van der Waals surface area contributed by atoms with Gasteiger partial charge in [-0.25, -0.2) is 0 Å². The van der Waals surface area contributed by atoms with Gasteiger partial charge in [0.15, 0.2) is 0 Å². The normalized spacial score (nSPS) is 19.2. The summed E-state index contributed by atoms with van der Waals surface area (Å²) in [4.78, 5) is 30.2. The quantitative estimate of drug-likeness (QED) is 0.752. The van der Waals surface area contributed by atoms with E-state index in [1.807, 2.05) is 9.80 Å². The molecule has 0 unspecified atom stereocenters. The first-order valence-corrected chi connectivity index (χ1v) is 7.65. The van der Waals surface area contributed by atoms with Crippen LogP contribution >= 0.6 is 12.4 Å². The van der Waals surface area contributed by atoms with E-state index in [2.05, 4.69) is 24.1 Å². The number of nitrogens with one attached hydrogen (secondary N) is 1. The largest absolute Gasteiger partial charge is 0.339 e. The van der Waals surface area contributed by atoms with Crippen LogP contribution in [0.2, 0.25) is 0 Å². The number of amides is 2. The minimum atomic E-state index is 0. The minimum Gasteiger partial charge on any atom is -0.339 e. The lowest BCUT2D eigenvalue weighted by molar-refractivity contribution is -0.143. The van der Waals surface area contributed by atoms with Gasteiger partial charge in [-0.1, -0.05) is 13.8 Å². The molecule has 2 aliphatic heterocycles. The molecular weight excluding hydrogens is 292 g/mol. The summed E-state index contributed by atoms with van der Waals surface area (Å²) in [7, 11) is 0. The first-order valence-electron chi connectivity index (χ1n) is 7.65. The van der Waals surface area contributed by atoms with E-state index in [-0.39, 0.29) is 30.1 Å². The fourth-order valence-electron chi connectivity index (χ4n) is 2.64. The summed E-state index contributed by atoms with van der Waals surface area (Å²) >= 11 is 0. The molecule has 1 N–H and O–H groups in total. The molecule has 0 spiro atoms. The predicted octanol–water partition coefficient (Wildman–Crippen LogP) is -0.360. The molecule has 7 heteroatoms. The number of likely N-dealkylation sites (N-methyl/N-ethyl adjacent to an activating group) is 1. The van der Waals surface area contributed by atoms with Gasteiger partial charge in [-0.15, -0.1) is 12.4 Å². The number of hydrogen-bond acceptors (Lipinski definition) is 4. The van der Waals surface area contributed by atoms with Gasteiger partial charge in [0.05, 0.1) is 12.5 Å². The van der Waals surface area contributed by atoms with Crippen LogP contribution in [0.4, 0.5) is 0 Å². The third-order valence-corrected chi connectivity index (χ3v) is 4.33. The van der Waals surface area contributed by atoms with Crippen molar-refractivity contribution >= 4 is 24.2 Å². The molecule has 2 rings (SSSR count). The van der Waals surface area contributed by atoms with Crippen molar-refractivity contribution in [2.75, 3.05) is 58.9 Å². The summed E-state index contributed by atoms with van der Waals surface area (Å²) in [6.45, 7) is 10.7. The Kier molecular flexibility index (Phi) is 7.42. The highest BCUT2D eigenvalue weighted by Crippen LogP contribution is 2.11. The maximum atomic E-state index is 12.2. The Bertz CT molecular complexity index is 351. The average molecular weight is 319 g/mol. The van der Waals surface area contributed by atoms with E-state index in [0.717, 1.165) is 26.2 Å². The second-order valence-corrected chi connectivity index (χ2v) is 5.52.